The van der Waals surface area contributed by atoms with Crippen LogP contribution in [-0.2, 0) is 14.8 Å². The van der Waals surface area contributed by atoms with Crippen molar-refractivity contribution in [2.75, 3.05) is 24.7 Å². The Labute approximate surface area is 116 Å². The molecule has 8 heteroatoms. The highest BCUT2D eigenvalue weighted by Crippen LogP contribution is 2.22. The van der Waals surface area contributed by atoms with E-state index in [-0.39, 0.29) is 18.4 Å². The molecular formula is C11H17N3O3S2. The summed E-state index contributed by atoms with van der Waals surface area (Å²) in [5, 5.41) is 3.32. The average Bonchev–Trinajstić information content (AvgIpc) is 2.74. The standard InChI is InChI=1S/C11H17N3O3S2/c1-8-6-12-11(18-8)13-10(15)9-4-3-5-14(7-9)19(2,16)17/h6,9H,3-5,7H2,1-2H3,(H,12,13,15). The second kappa shape index (κ2) is 5.56. The fraction of sp³-hybridized carbons (Fsp3) is 0.636. The van der Waals surface area contributed by atoms with Crippen LogP contribution in [-0.4, -0.2) is 43.0 Å². The summed E-state index contributed by atoms with van der Waals surface area (Å²) in [5.74, 6) is -0.449. The van der Waals surface area contributed by atoms with Crippen molar-refractivity contribution in [2.24, 2.45) is 5.92 Å². The summed E-state index contributed by atoms with van der Waals surface area (Å²) in [6, 6.07) is 0. The Morgan fingerprint density at radius 1 is 1.58 bits per heavy atom. The minimum atomic E-state index is -3.22. The van der Waals surface area contributed by atoms with E-state index in [2.05, 4.69) is 10.3 Å². The number of thiazole rings is 1. The van der Waals surface area contributed by atoms with Crippen LogP contribution in [0.25, 0.3) is 0 Å². The summed E-state index contributed by atoms with van der Waals surface area (Å²) < 4.78 is 24.4. The van der Waals surface area contributed by atoms with Crippen LogP contribution >= 0.6 is 11.3 Å². The fourth-order valence-electron chi connectivity index (χ4n) is 2.08. The maximum Gasteiger partial charge on any atom is 0.230 e. The van der Waals surface area contributed by atoms with Crippen molar-refractivity contribution >= 4 is 32.4 Å². The third kappa shape index (κ3) is 3.74. The zero-order valence-electron chi connectivity index (χ0n) is 10.9. The zero-order valence-corrected chi connectivity index (χ0v) is 12.6. The van der Waals surface area contributed by atoms with E-state index in [1.54, 1.807) is 6.20 Å². The molecule has 2 rings (SSSR count). The summed E-state index contributed by atoms with van der Waals surface area (Å²) >= 11 is 1.41. The Kier molecular flexibility index (Phi) is 4.22. The highest BCUT2D eigenvalue weighted by molar-refractivity contribution is 7.88. The molecule has 0 aromatic carbocycles. The molecule has 1 amide bonds. The molecule has 19 heavy (non-hydrogen) atoms. The number of carbonyl (C=O) groups is 1. The number of sulfonamides is 1. The van der Waals surface area contributed by atoms with E-state index in [1.807, 2.05) is 6.92 Å². The highest BCUT2D eigenvalue weighted by atomic mass is 32.2. The predicted molar refractivity (Wildman–Crippen MR) is 74.6 cm³/mol. The first-order valence-electron chi connectivity index (χ1n) is 6.04. The quantitative estimate of drug-likeness (QED) is 0.905. The molecule has 0 bridgehead atoms. The summed E-state index contributed by atoms with van der Waals surface area (Å²) in [6.07, 6.45) is 4.30. The highest BCUT2D eigenvalue weighted by Gasteiger charge is 2.30. The van der Waals surface area contributed by atoms with Crippen LogP contribution in [0, 0.1) is 12.8 Å². The molecule has 1 aromatic rings. The molecule has 1 aliphatic rings. The number of nitrogens with one attached hydrogen (secondary N) is 1. The van der Waals surface area contributed by atoms with Crippen molar-refractivity contribution in [3.63, 3.8) is 0 Å². The van der Waals surface area contributed by atoms with E-state index in [0.29, 0.717) is 24.5 Å². The number of piperidine rings is 1. The van der Waals surface area contributed by atoms with Gasteiger partial charge in [0.05, 0.1) is 12.2 Å². The van der Waals surface area contributed by atoms with Crippen LogP contribution in [0.5, 0.6) is 0 Å². The smallest absolute Gasteiger partial charge is 0.230 e. The molecule has 0 radical (unpaired) electrons. The zero-order chi connectivity index (χ0) is 14.0. The van der Waals surface area contributed by atoms with E-state index < -0.39 is 10.0 Å². The Morgan fingerprint density at radius 2 is 2.32 bits per heavy atom. The Morgan fingerprint density at radius 3 is 2.89 bits per heavy atom. The van der Waals surface area contributed by atoms with Crippen molar-refractivity contribution in [3.05, 3.63) is 11.1 Å². The lowest BCUT2D eigenvalue weighted by Crippen LogP contribution is -2.43. The molecule has 106 valence electrons. The van der Waals surface area contributed by atoms with Gasteiger partial charge in [0.25, 0.3) is 0 Å². The molecule has 1 atom stereocenters. The SMILES string of the molecule is Cc1cnc(NC(=O)C2CCCN(S(C)(=O)=O)C2)s1. The topological polar surface area (TPSA) is 79.4 Å². The number of aryl methyl sites for hydroxylation is 1. The van der Waals surface area contributed by atoms with Gasteiger partial charge in [0.2, 0.25) is 15.9 Å². The molecule has 0 aliphatic carbocycles. The van der Waals surface area contributed by atoms with Gasteiger partial charge < -0.3 is 5.32 Å². The number of aromatic nitrogens is 1. The van der Waals surface area contributed by atoms with Crippen molar-refractivity contribution in [3.8, 4) is 0 Å². The van der Waals surface area contributed by atoms with Crippen LogP contribution in [0.1, 0.15) is 17.7 Å². The van der Waals surface area contributed by atoms with Gasteiger partial charge in [0.15, 0.2) is 5.13 Å². The Balaban J connectivity index is 1.99. The van der Waals surface area contributed by atoms with Crippen LogP contribution in [0.15, 0.2) is 6.20 Å². The van der Waals surface area contributed by atoms with Crippen LogP contribution in [0.3, 0.4) is 0 Å². The minimum Gasteiger partial charge on any atom is -0.302 e. The average molecular weight is 303 g/mol. The normalized spacial score (nSPS) is 21.3. The molecule has 6 nitrogen and oxygen atoms in total. The molecular weight excluding hydrogens is 286 g/mol. The summed E-state index contributed by atoms with van der Waals surface area (Å²) in [6.45, 7) is 2.67. The van der Waals surface area contributed by atoms with Gasteiger partial charge in [-0.1, -0.05) is 0 Å². The molecule has 1 N–H and O–H groups in total. The lowest BCUT2D eigenvalue weighted by Gasteiger charge is -2.29. The number of rotatable bonds is 3. The first-order valence-corrected chi connectivity index (χ1v) is 8.71. The van der Waals surface area contributed by atoms with E-state index in [1.165, 1.54) is 21.9 Å². The molecule has 1 aromatic heterocycles. The van der Waals surface area contributed by atoms with E-state index >= 15 is 0 Å². The van der Waals surface area contributed by atoms with Gasteiger partial charge in [-0.05, 0) is 19.8 Å². The van der Waals surface area contributed by atoms with Gasteiger partial charge in [-0.3, -0.25) is 4.79 Å². The molecule has 1 aliphatic heterocycles. The van der Waals surface area contributed by atoms with Crippen molar-refractivity contribution in [1.82, 2.24) is 9.29 Å². The minimum absolute atomic E-state index is 0.150. The lowest BCUT2D eigenvalue weighted by atomic mass is 9.99. The molecule has 1 unspecified atom stereocenters. The predicted octanol–water partition coefficient (Wildman–Crippen LogP) is 1.06. The Hall–Kier alpha value is -0.990. The Bertz CT molecular complexity index is 567. The third-order valence-electron chi connectivity index (χ3n) is 3.08. The van der Waals surface area contributed by atoms with E-state index in [4.69, 9.17) is 0 Å². The van der Waals surface area contributed by atoms with Crippen LogP contribution in [0.2, 0.25) is 0 Å². The molecule has 1 fully saturated rings. The summed E-state index contributed by atoms with van der Waals surface area (Å²) in [4.78, 5) is 17.2. The summed E-state index contributed by atoms with van der Waals surface area (Å²) in [7, 11) is -3.22. The van der Waals surface area contributed by atoms with Gasteiger partial charge in [-0.25, -0.2) is 17.7 Å². The van der Waals surface area contributed by atoms with Crippen LogP contribution in [0.4, 0.5) is 5.13 Å². The second-order valence-electron chi connectivity index (χ2n) is 4.73. The van der Waals surface area contributed by atoms with Gasteiger partial charge >= 0.3 is 0 Å². The van der Waals surface area contributed by atoms with E-state index in [0.717, 1.165) is 4.88 Å². The number of hydrogen-bond donors (Lipinski definition) is 1. The van der Waals surface area contributed by atoms with Crippen LogP contribution < -0.4 is 5.32 Å². The fourth-order valence-corrected chi connectivity index (χ4v) is 3.66. The first-order chi connectivity index (χ1) is 8.86. The maximum atomic E-state index is 12.1. The van der Waals surface area contributed by atoms with Crippen molar-refractivity contribution in [2.45, 2.75) is 19.8 Å². The van der Waals surface area contributed by atoms with Gasteiger partial charge in [0, 0.05) is 24.2 Å². The van der Waals surface area contributed by atoms with Crippen molar-refractivity contribution in [1.29, 1.82) is 0 Å². The lowest BCUT2D eigenvalue weighted by molar-refractivity contribution is -0.120. The number of amides is 1. The molecule has 0 spiro atoms. The van der Waals surface area contributed by atoms with E-state index in [9.17, 15) is 13.2 Å². The number of nitrogens with zero attached hydrogens (tertiary/aromatic N) is 2. The largest absolute Gasteiger partial charge is 0.302 e. The van der Waals surface area contributed by atoms with Gasteiger partial charge in [0.1, 0.15) is 0 Å². The molecule has 0 saturated carbocycles. The van der Waals surface area contributed by atoms with Crippen molar-refractivity contribution < 1.29 is 13.2 Å². The summed E-state index contributed by atoms with van der Waals surface area (Å²) in [5.41, 5.74) is 0. The van der Waals surface area contributed by atoms with Gasteiger partial charge in [-0.2, -0.15) is 0 Å². The second-order valence-corrected chi connectivity index (χ2v) is 7.94. The monoisotopic (exact) mass is 303 g/mol. The maximum absolute atomic E-state index is 12.1. The number of carbonyl (C=O) groups excluding carboxylic acids is 1. The molecule has 2 heterocycles. The number of hydrogen-bond acceptors (Lipinski definition) is 5. The van der Waals surface area contributed by atoms with Gasteiger partial charge in [-0.15, -0.1) is 11.3 Å². The number of anilines is 1. The first kappa shape index (κ1) is 14.4. The molecule has 1 saturated heterocycles. The third-order valence-corrected chi connectivity index (χ3v) is 5.17.